The molecule has 0 radical (unpaired) electrons. The van der Waals surface area contributed by atoms with Gasteiger partial charge in [0.05, 0.1) is 0 Å². The molecule has 90 valence electrons. The Balaban J connectivity index is 0.00000106. The average molecular weight is 397 g/mol. The van der Waals surface area contributed by atoms with Crippen LogP contribution in [0, 0.1) is 0 Å². The fourth-order valence-electron chi connectivity index (χ4n) is 0.983. The molecule has 1 rings (SSSR count). The molecule has 0 saturated heterocycles. The van der Waals surface area contributed by atoms with E-state index >= 15 is 0 Å². The summed E-state index contributed by atoms with van der Waals surface area (Å²) in [5.74, 6) is 0.616. The zero-order valence-corrected chi connectivity index (χ0v) is 14.0. The first-order chi connectivity index (χ1) is 7.63. The van der Waals surface area contributed by atoms with Gasteiger partial charge >= 0.3 is 88.4 Å². The number of halogens is 1. The van der Waals surface area contributed by atoms with Crippen molar-refractivity contribution < 1.29 is 9.53 Å². The summed E-state index contributed by atoms with van der Waals surface area (Å²) in [5.41, 5.74) is 4.48. The molecule has 0 aliphatic rings. The van der Waals surface area contributed by atoms with Crippen LogP contribution in [-0.2, 0) is 0 Å². The van der Waals surface area contributed by atoms with Crippen LogP contribution in [0.15, 0.2) is 24.3 Å². The molecule has 5 heteroatoms. The Morgan fingerprint density at radius 2 is 2.00 bits per heavy atom. The molecule has 0 saturated carbocycles. The van der Waals surface area contributed by atoms with Crippen LogP contribution in [0.2, 0.25) is 11.4 Å². The molecule has 1 amide bonds. The number of carbonyl (C=O) groups excluding carboxylic acids is 1. The maximum atomic E-state index is 10.9. The molecule has 3 nitrogen and oxygen atoms in total. The van der Waals surface area contributed by atoms with E-state index < -0.39 is 20.7 Å². The molecular weight excluding hydrogens is 380 g/mol. The second kappa shape index (κ2) is 8.88. The minimum absolute atomic E-state index is 0.423. The van der Waals surface area contributed by atoms with E-state index in [1.54, 1.807) is 13.1 Å². The van der Waals surface area contributed by atoms with Gasteiger partial charge in [0, 0.05) is 0 Å². The summed E-state index contributed by atoms with van der Waals surface area (Å²) in [6.07, 6.45) is -0.423. The summed E-state index contributed by atoms with van der Waals surface area (Å²) in [6, 6.07) is 7.73. The van der Waals surface area contributed by atoms with Gasteiger partial charge < -0.3 is 0 Å². The number of amides is 1. The monoisotopic (exact) mass is 397 g/mol. The molecule has 0 spiro atoms. The number of benzene rings is 1. The van der Waals surface area contributed by atoms with Crippen molar-refractivity contribution in [1.82, 2.24) is 5.32 Å². The number of hydrogen-bond acceptors (Lipinski definition) is 2. The van der Waals surface area contributed by atoms with Crippen LogP contribution in [0.1, 0.15) is 0 Å². The third kappa shape index (κ3) is 5.75. The summed E-state index contributed by atoms with van der Waals surface area (Å²) >= 11 is 1.26. The predicted octanol–water partition coefficient (Wildman–Crippen LogP) is 2.42. The summed E-state index contributed by atoms with van der Waals surface area (Å²) < 4.78 is 6.33. The molecular formula is C11H17AsINO2. The van der Waals surface area contributed by atoms with Crippen molar-refractivity contribution in [3.63, 3.8) is 0 Å². The van der Waals surface area contributed by atoms with Gasteiger partial charge in [-0.3, -0.25) is 0 Å². The Hall–Kier alpha value is -0.222. The number of rotatable bonds is 2. The fraction of sp³-hybridized carbons (Fsp3) is 0.364. The third-order valence-corrected chi connectivity index (χ3v) is 4.50. The second-order valence-electron chi connectivity index (χ2n) is 3.03. The molecule has 0 heterocycles. The van der Waals surface area contributed by atoms with Gasteiger partial charge in [0.15, 0.2) is 0 Å². The third-order valence-electron chi connectivity index (χ3n) is 1.75. The van der Waals surface area contributed by atoms with E-state index in [9.17, 15) is 4.79 Å². The van der Waals surface area contributed by atoms with Crippen LogP contribution >= 0.6 is 22.6 Å². The number of hydrogen-bond donors (Lipinski definition) is 1. The standard InChI is InChI=1S/C10H14AsNO2.CH3I/c1-11(2)8-5-4-6-9(7-8)14-10(13)12-3;1-2/h4-7H,1-3H3,(H,12,13);1H3. The van der Waals surface area contributed by atoms with E-state index in [1.165, 1.54) is 4.35 Å². The first-order valence-electron chi connectivity index (χ1n) is 4.68. The van der Waals surface area contributed by atoms with Crippen LogP contribution in [0.5, 0.6) is 5.75 Å². The van der Waals surface area contributed by atoms with Gasteiger partial charge in [-0.2, -0.15) is 0 Å². The molecule has 0 bridgehead atoms. The van der Waals surface area contributed by atoms with Gasteiger partial charge in [0.1, 0.15) is 0 Å². The molecule has 0 aliphatic carbocycles. The molecule has 0 aliphatic heterocycles. The Labute approximate surface area is 115 Å². The van der Waals surface area contributed by atoms with Crippen LogP contribution in [0.25, 0.3) is 0 Å². The van der Waals surface area contributed by atoms with Crippen LogP contribution in [0.4, 0.5) is 4.79 Å². The van der Waals surface area contributed by atoms with Crippen molar-refractivity contribution in [3.8, 4) is 5.75 Å². The van der Waals surface area contributed by atoms with E-state index in [0.29, 0.717) is 5.75 Å². The van der Waals surface area contributed by atoms with Crippen LogP contribution < -0.4 is 14.4 Å². The molecule has 1 aromatic rings. The van der Waals surface area contributed by atoms with Crippen LogP contribution in [-0.4, -0.2) is 32.7 Å². The van der Waals surface area contributed by atoms with Crippen molar-refractivity contribution in [2.45, 2.75) is 11.4 Å². The normalized spacial score (nSPS) is 9.12. The van der Waals surface area contributed by atoms with Gasteiger partial charge in [0.2, 0.25) is 0 Å². The zero-order chi connectivity index (χ0) is 12.6. The Kier molecular flexibility index (Phi) is 8.75. The number of carbonyl (C=O) groups is 1. The zero-order valence-electron chi connectivity index (χ0n) is 9.95. The summed E-state index contributed by atoms with van der Waals surface area (Å²) in [6.45, 7) is 0. The Bertz CT molecular complexity index is 332. The van der Waals surface area contributed by atoms with Gasteiger partial charge in [-0.15, -0.1) is 0 Å². The summed E-state index contributed by atoms with van der Waals surface area (Å²) in [7, 11) is 1.55. The molecule has 0 atom stereocenters. The Morgan fingerprint density at radius 3 is 2.50 bits per heavy atom. The fourth-order valence-corrected chi connectivity index (χ4v) is 2.60. The van der Waals surface area contributed by atoms with Crippen molar-refractivity contribution in [2.24, 2.45) is 0 Å². The Morgan fingerprint density at radius 1 is 1.38 bits per heavy atom. The molecule has 0 aromatic heterocycles. The quantitative estimate of drug-likeness (QED) is 0.473. The van der Waals surface area contributed by atoms with E-state index in [0.717, 1.165) is 0 Å². The molecule has 0 fully saturated rings. The van der Waals surface area contributed by atoms with Gasteiger partial charge in [0.25, 0.3) is 0 Å². The second-order valence-corrected chi connectivity index (χ2v) is 7.87. The topological polar surface area (TPSA) is 38.3 Å². The number of ether oxygens (including phenoxy) is 1. The average Bonchev–Trinajstić information content (AvgIpc) is 2.32. The van der Waals surface area contributed by atoms with E-state index in [-0.39, 0.29) is 0 Å². The molecule has 16 heavy (non-hydrogen) atoms. The van der Waals surface area contributed by atoms with Crippen molar-refractivity contribution >= 4 is 47.7 Å². The van der Waals surface area contributed by atoms with Gasteiger partial charge in [-0.1, -0.05) is 22.6 Å². The summed E-state index contributed by atoms with van der Waals surface area (Å²) in [5, 5.41) is 2.41. The van der Waals surface area contributed by atoms with Crippen molar-refractivity contribution in [1.29, 1.82) is 0 Å². The molecule has 0 unspecified atom stereocenters. The number of alkyl halides is 1. The summed E-state index contributed by atoms with van der Waals surface area (Å²) in [4.78, 5) is 12.9. The van der Waals surface area contributed by atoms with Crippen LogP contribution in [0.3, 0.4) is 0 Å². The van der Waals surface area contributed by atoms with Gasteiger partial charge in [-0.25, -0.2) is 0 Å². The van der Waals surface area contributed by atoms with E-state index in [4.69, 9.17) is 4.74 Å². The first kappa shape index (κ1) is 15.8. The minimum atomic E-state index is -0.886. The molecule has 1 N–H and O–H groups in total. The predicted molar refractivity (Wildman–Crippen MR) is 78.6 cm³/mol. The van der Waals surface area contributed by atoms with Crippen molar-refractivity contribution in [2.75, 3.05) is 12.0 Å². The van der Waals surface area contributed by atoms with E-state index in [1.807, 2.05) is 17.1 Å². The SMILES string of the molecule is CI.CNC(=O)Oc1cccc([As](C)C)c1. The van der Waals surface area contributed by atoms with Gasteiger partial charge in [-0.05, 0) is 4.93 Å². The molecule has 1 aromatic carbocycles. The van der Waals surface area contributed by atoms with E-state index in [2.05, 4.69) is 45.4 Å². The van der Waals surface area contributed by atoms with Crippen molar-refractivity contribution in [3.05, 3.63) is 24.3 Å². The number of nitrogens with one attached hydrogen (secondary N) is 1. The first-order valence-corrected chi connectivity index (χ1v) is 11.5. The maximum absolute atomic E-state index is 10.9.